The highest BCUT2D eigenvalue weighted by Gasteiger charge is 2.77. The number of carbonyl (C=O) groups is 4. The van der Waals surface area contributed by atoms with Crippen LogP contribution in [0.25, 0.3) is 11.0 Å². The first-order valence-electron chi connectivity index (χ1n) is 17.7. The number of aliphatic hydroxyl groups is 1. The van der Waals surface area contributed by atoms with Crippen LogP contribution in [-0.4, -0.2) is 101 Å². The molecule has 3 saturated heterocycles. The molecule has 52 heavy (non-hydrogen) atoms. The Morgan fingerprint density at radius 1 is 1.17 bits per heavy atom. The zero-order valence-corrected chi connectivity index (χ0v) is 30.9. The van der Waals surface area contributed by atoms with Crippen LogP contribution < -0.4 is 5.32 Å². The van der Waals surface area contributed by atoms with E-state index in [1.165, 1.54) is 9.80 Å². The van der Waals surface area contributed by atoms with E-state index in [-0.39, 0.29) is 43.4 Å². The smallest absolute Gasteiger partial charge is 0.313 e. The average molecular weight is 778 g/mol. The number of para-hydroxylation sites is 1. The van der Waals surface area contributed by atoms with Crippen molar-refractivity contribution in [3.63, 3.8) is 0 Å². The number of amides is 3. The lowest BCUT2D eigenvalue weighted by atomic mass is 9.70. The Kier molecular flexibility index (Phi) is 11.3. The van der Waals surface area contributed by atoms with Crippen molar-refractivity contribution in [3.05, 3.63) is 85.5 Å². The van der Waals surface area contributed by atoms with Gasteiger partial charge in [0.1, 0.15) is 29.9 Å². The first kappa shape index (κ1) is 37.4. The number of esters is 1. The van der Waals surface area contributed by atoms with E-state index in [4.69, 9.17) is 9.47 Å². The number of ether oxygens (including phenoxy) is 2. The minimum absolute atomic E-state index is 0.0162. The summed E-state index contributed by atoms with van der Waals surface area (Å²) in [5.74, 6) is -3.88. The maximum absolute atomic E-state index is 14.9. The Hall–Kier alpha value is -4.40. The monoisotopic (exact) mass is 776 g/mol. The van der Waals surface area contributed by atoms with Crippen molar-refractivity contribution in [2.75, 3.05) is 13.2 Å². The van der Waals surface area contributed by atoms with E-state index < -0.39 is 65.6 Å². The number of likely N-dealkylation sites (tertiary alicyclic amines) is 1. The molecule has 14 heteroatoms. The van der Waals surface area contributed by atoms with Crippen LogP contribution in [0.5, 0.6) is 0 Å². The number of aliphatic hydroxyl groups excluding tert-OH is 1. The molecule has 0 aliphatic carbocycles. The first-order valence-corrected chi connectivity index (χ1v) is 18.6. The number of nitrogens with one attached hydrogen (secondary N) is 1. The van der Waals surface area contributed by atoms with Crippen molar-refractivity contribution in [1.29, 1.82) is 0 Å². The molecule has 3 aliphatic rings. The highest BCUT2D eigenvalue weighted by molar-refractivity contribution is 9.09. The summed E-state index contributed by atoms with van der Waals surface area (Å²) in [6.07, 6.45) is 2.97. The summed E-state index contributed by atoms with van der Waals surface area (Å²) >= 11 is 3.72. The quantitative estimate of drug-likeness (QED) is 0.126. The second-order valence-corrected chi connectivity index (χ2v) is 14.8. The zero-order valence-electron chi connectivity index (χ0n) is 29.3. The second-order valence-electron chi connectivity index (χ2n) is 13.7. The molecular formula is C38H45BrN6O7. The molecule has 1 spiro atoms. The molecule has 2 aromatic carbocycles. The predicted octanol–water partition coefficient (Wildman–Crippen LogP) is 3.68. The maximum atomic E-state index is 14.9. The van der Waals surface area contributed by atoms with E-state index in [0.29, 0.717) is 23.9 Å². The first-order chi connectivity index (χ1) is 25.1. The lowest BCUT2D eigenvalue weighted by Gasteiger charge is -2.39. The summed E-state index contributed by atoms with van der Waals surface area (Å²) < 4.78 is 14.6. The van der Waals surface area contributed by atoms with Gasteiger partial charge < -0.3 is 29.7 Å². The summed E-state index contributed by atoms with van der Waals surface area (Å²) in [4.78, 5) is 59.4. The summed E-state index contributed by atoms with van der Waals surface area (Å²) in [7, 11) is 0. The van der Waals surface area contributed by atoms with Crippen LogP contribution in [0.15, 0.2) is 79.9 Å². The van der Waals surface area contributed by atoms with Crippen LogP contribution >= 0.6 is 15.9 Å². The molecule has 1 aromatic heterocycles. The average Bonchev–Trinajstić information content (AvgIpc) is 3.87. The Morgan fingerprint density at radius 3 is 2.60 bits per heavy atom. The zero-order chi connectivity index (χ0) is 37.2. The molecule has 6 rings (SSSR count). The van der Waals surface area contributed by atoms with Gasteiger partial charge in [0.05, 0.1) is 42.1 Å². The summed E-state index contributed by atoms with van der Waals surface area (Å²) in [6, 6.07) is 14.0. The van der Waals surface area contributed by atoms with Gasteiger partial charge in [-0.05, 0) is 43.9 Å². The van der Waals surface area contributed by atoms with Crippen LogP contribution in [-0.2, 0) is 35.3 Å². The van der Waals surface area contributed by atoms with Crippen LogP contribution in [0.3, 0.4) is 0 Å². The van der Waals surface area contributed by atoms with Gasteiger partial charge in [0.15, 0.2) is 0 Å². The lowest BCUT2D eigenvalue weighted by molar-refractivity contribution is -0.162. The Morgan fingerprint density at radius 2 is 1.90 bits per heavy atom. The van der Waals surface area contributed by atoms with Gasteiger partial charge in [-0.15, -0.1) is 18.3 Å². The van der Waals surface area contributed by atoms with Crippen molar-refractivity contribution < 1.29 is 33.8 Å². The predicted molar refractivity (Wildman–Crippen MR) is 195 cm³/mol. The molecule has 3 amide bonds. The van der Waals surface area contributed by atoms with Crippen LogP contribution in [0, 0.1) is 11.8 Å². The lowest BCUT2D eigenvalue weighted by Crippen LogP contribution is -2.59. The third-order valence-electron chi connectivity index (χ3n) is 10.5. The fourth-order valence-corrected chi connectivity index (χ4v) is 9.04. The molecule has 2 N–H and O–H groups in total. The molecule has 3 aliphatic heterocycles. The molecule has 276 valence electrons. The van der Waals surface area contributed by atoms with Crippen molar-refractivity contribution >= 4 is 50.7 Å². The van der Waals surface area contributed by atoms with Gasteiger partial charge in [0, 0.05) is 17.8 Å². The largest absolute Gasteiger partial charge is 0.455 e. The van der Waals surface area contributed by atoms with E-state index in [2.05, 4.69) is 44.7 Å². The Labute approximate surface area is 311 Å². The third-order valence-corrected chi connectivity index (χ3v) is 11.3. The number of nitrogens with zero attached hydrogens (tertiary/aromatic N) is 5. The van der Waals surface area contributed by atoms with Gasteiger partial charge in [-0.1, -0.05) is 82.7 Å². The number of carbonyl (C=O) groups excluding carboxylic acids is 4. The van der Waals surface area contributed by atoms with E-state index >= 15 is 0 Å². The van der Waals surface area contributed by atoms with Gasteiger partial charge in [0.25, 0.3) is 0 Å². The Bertz CT molecular complexity index is 1820. The molecule has 3 fully saturated rings. The standard InChI is InChI=1S/C38H45BrN6O7/c1-5-8-18-29(47)40-23(4)32(24-14-10-9-11-15-24)51-37(50)30-31-35(48)45(25(7-3)21-46)34(38(31)20-26(39)33(30)52-38)36(49)43(19-6-2)22-44-28-17-13-12-16-27(28)41-42-44/h5-6,9-17,23,25-26,30-34,46H,1-2,7-8,18-22H2,3-4H3,(H,40,47)/t23-,25+,26?,30+,31-,32-,33+,34+,38-/m1/s1. The third kappa shape index (κ3) is 6.67. The van der Waals surface area contributed by atoms with E-state index in [1.54, 1.807) is 23.8 Å². The van der Waals surface area contributed by atoms with Gasteiger partial charge in [-0.25, -0.2) is 4.68 Å². The SMILES string of the molecule is C=CCCC(=O)N[C@H](C)[C@@H](OC(=O)[C@@H]1[C@H]2O[C@@]3(CC2Br)[C@H](C(=O)N(CC=C)Cn2nnc4ccccc42)N([C@@H](CC)CO)C(=O)[C@@H]13)c1ccccc1. The molecule has 0 radical (unpaired) electrons. The van der Waals surface area contributed by atoms with Gasteiger partial charge >= 0.3 is 5.97 Å². The number of aromatic nitrogens is 3. The minimum Gasteiger partial charge on any atom is -0.455 e. The van der Waals surface area contributed by atoms with Crippen molar-refractivity contribution in [1.82, 2.24) is 30.1 Å². The minimum atomic E-state index is -1.39. The molecule has 9 atom stereocenters. The summed E-state index contributed by atoms with van der Waals surface area (Å²) in [5.41, 5.74) is 0.662. The van der Waals surface area contributed by atoms with Crippen molar-refractivity contribution in [3.8, 4) is 0 Å². The maximum Gasteiger partial charge on any atom is 0.313 e. The Balaban J connectivity index is 1.35. The van der Waals surface area contributed by atoms with Crippen molar-refractivity contribution in [2.45, 2.75) is 87.0 Å². The molecular weight excluding hydrogens is 732 g/mol. The summed E-state index contributed by atoms with van der Waals surface area (Å²) in [6.45, 7) is 10.9. The van der Waals surface area contributed by atoms with E-state index in [0.717, 1.165) is 5.52 Å². The number of allylic oxidation sites excluding steroid dienone is 1. The highest BCUT2D eigenvalue weighted by atomic mass is 79.9. The van der Waals surface area contributed by atoms with Crippen LogP contribution in [0.4, 0.5) is 0 Å². The number of benzene rings is 2. The number of hydrogen-bond donors (Lipinski definition) is 2. The number of halogens is 1. The molecule has 3 aromatic rings. The fourth-order valence-electron chi connectivity index (χ4n) is 8.09. The van der Waals surface area contributed by atoms with Crippen molar-refractivity contribution in [2.24, 2.45) is 11.8 Å². The van der Waals surface area contributed by atoms with Gasteiger partial charge in [-0.2, -0.15) is 0 Å². The molecule has 0 saturated carbocycles. The molecule has 13 nitrogen and oxygen atoms in total. The normalized spacial score (nSPS) is 26.4. The number of rotatable bonds is 16. The second kappa shape index (κ2) is 15.7. The molecule has 2 bridgehead atoms. The highest BCUT2D eigenvalue weighted by Crippen LogP contribution is 2.61. The van der Waals surface area contributed by atoms with Gasteiger partial charge in [0.2, 0.25) is 17.7 Å². The van der Waals surface area contributed by atoms with E-state index in [1.807, 2.05) is 61.5 Å². The molecule has 4 heterocycles. The van der Waals surface area contributed by atoms with Crippen LogP contribution in [0.1, 0.15) is 51.2 Å². The topological polar surface area (TPSA) is 156 Å². The number of alkyl halides is 1. The fraction of sp³-hybridized carbons (Fsp3) is 0.474. The van der Waals surface area contributed by atoms with E-state index in [9.17, 15) is 24.3 Å². The number of fused-ring (bicyclic) bond motifs is 2. The van der Waals surface area contributed by atoms with Gasteiger partial charge in [-0.3, -0.25) is 19.2 Å². The number of hydrogen-bond acceptors (Lipinski definition) is 9. The van der Waals surface area contributed by atoms with Crippen LogP contribution in [0.2, 0.25) is 0 Å². The summed E-state index contributed by atoms with van der Waals surface area (Å²) in [5, 5.41) is 22.0. The molecule has 1 unspecified atom stereocenters.